The summed E-state index contributed by atoms with van der Waals surface area (Å²) in [5.41, 5.74) is 3.26. The van der Waals surface area contributed by atoms with Gasteiger partial charge in [-0.2, -0.15) is 0 Å². The summed E-state index contributed by atoms with van der Waals surface area (Å²) in [7, 11) is 0. The van der Waals surface area contributed by atoms with E-state index < -0.39 is 5.41 Å². The number of aliphatic hydroxyl groups excluding tert-OH is 1. The molecule has 4 heteroatoms. The van der Waals surface area contributed by atoms with E-state index in [1.54, 1.807) is 12.1 Å². The highest BCUT2D eigenvalue weighted by Crippen LogP contribution is 2.39. The van der Waals surface area contributed by atoms with Gasteiger partial charge in [-0.15, -0.1) is 0 Å². The van der Waals surface area contributed by atoms with Crippen LogP contribution in [0.3, 0.4) is 0 Å². The van der Waals surface area contributed by atoms with Crippen LogP contribution in [0.4, 0.5) is 0 Å². The van der Waals surface area contributed by atoms with E-state index in [4.69, 9.17) is 0 Å². The molecule has 0 saturated heterocycles. The van der Waals surface area contributed by atoms with E-state index in [1.165, 1.54) is 11.1 Å². The number of phenolic OH excluding ortho intramolecular Hbond substituents is 1. The fourth-order valence-corrected chi connectivity index (χ4v) is 3.13. The number of benzene rings is 1. The molecule has 0 bridgehead atoms. The number of rotatable bonds is 5. The number of hydrogen-bond acceptors (Lipinski definition) is 3. The Hall–Kier alpha value is -1.81. The first-order valence-electron chi connectivity index (χ1n) is 8.19. The van der Waals surface area contributed by atoms with Crippen molar-refractivity contribution in [3.05, 3.63) is 41.0 Å². The van der Waals surface area contributed by atoms with Gasteiger partial charge in [0.1, 0.15) is 5.75 Å². The Morgan fingerprint density at radius 2 is 1.91 bits per heavy atom. The van der Waals surface area contributed by atoms with E-state index in [1.807, 2.05) is 19.1 Å². The monoisotopic (exact) mass is 317 g/mol. The second kappa shape index (κ2) is 7.18. The molecule has 0 spiro atoms. The highest BCUT2D eigenvalue weighted by atomic mass is 16.3. The van der Waals surface area contributed by atoms with E-state index in [0.717, 1.165) is 24.8 Å². The predicted molar refractivity (Wildman–Crippen MR) is 91.2 cm³/mol. The lowest BCUT2D eigenvalue weighted by Crippen LogP contribution is -2.47. The van der Waals surface area contributed by atoms with Crippen molar-refractivity contribution in [3.8, 4) is 5.75 Å². The van der Waals surface area contributed by atoms with E-state index in [2.05, 4.69) is 19.2 Å². The first-order valence-corrected chi connectivity index (χ1v) is 8.19. The number of hydrogen-bond donors (Lipinski definition) is 3. The minimum Gasteiger partial charge on any atom is -0.508 e. The zero-order valence-corrected chi connectivity index (χ0v) is 14.2. The summed E-state index contributed by atoms with van der Waals surface area (Å²) in [6, 6.07) is 6.54. The summed E-state index contributed by atoms with van der Waals surface area (Å²) in [6.07, 6.45) is 3.13. The van der Waals surface area contributed by atoms with Gasteiger partial charge in [-0.1, -0.05) is 30.2 Å². The molecule has 1 aliphatic carbocycles. The molecule has 1 amide bonds. The van der Waals surface area contributed by atoms with Crippen molar-refractivity contribution < 1.29 is 15.0 Å². The zero-order chi connectivity index (χ0) is 17.0. The third-order valence-electron chi connectivity index (χ3n) is 4.96. The van der Waals surface area contributed by atoms with Gasteiger partial charge < -0.3 is 15.5 Å². The van der Waals surface area contributed by atoms with Crippen molar-refractivity contribution in [2.45, 2.75) is 52.5 Å². The fourth-order valence-electron chi connectivity index (χ4n) is 3.13. The van der Waals surface area contributed by atoms with E-state index in [-0.39, 0.29) is 24.3 Å². The highest BCUT2D eigenvalue weighted by Gasteiger charge is 2.36. The Kier molecular flexibility index (Phi) is 5.47. The smallest absolute Gasteiger partial charge is 0.226 e. The molecule has 3 N–H and O–H groups in total. The summed E-state index contributed by atoms with van der Waals surface area (Å²) >= 11 is 0. The van der Waals surface area contributed by atoms with E-state index in [0.29, 0.717) is 6.42 Å². The Balaban J connectivity index is 2.01. The fraction of sp³-hybridized carbons (Fsp3) is 0.526. The lowest BCUT2D eigenvalue weighted by molar-refractivity contribution is -0.131. The lowest BCUT2D eigenvalue weighted by Gasteiger charge is -2.35. The lowest BCUT2D eigenvalue weighted by atomic mass is 9.72. The summed E-state index contributed by atoms with van der Waals surface area (Å²) in [6.45, 7) is 6.14. The molecule has 0 aromatic heterocycles. The van der Waals surface area contributed by atoms with Crippen LogP contribution in [0.25, 0.3) is 0 Å². The maximum atomic E-state index is 12.7. The third-order valence-corrected chi connectivity index (χ3v) is 4.96. The number of allylic oxidation sites excluding steroid dienone is 2. The van der Waals surface area contributed by atoms with Crippen molar-refractivity contribution in [3.63, 3.8) is 0 Å². The van der Waals surface area contributed by atoms with Gasteiger partial charge in [0.05, 0.1) is 18.1 Å². The van der Waals surface area contributed by atoms with Crippen LogP contribution in [0.5, 0.6) is 5.75 Å². The standard InChI is InChI=1S/C19H27NO3/c1-13-8-9-19(3,11-14(13)2)18(23)20-16(12-21)10-15-4-6-17(22)7-5-15/h4-7,16,21-22H,8-12H2,1-3H3,(H,20,23)/t16-,19?/m0/s1. The summed E-state index contributed by atoms with van der Waals surface area (Å²) < 4.78 is 0. The molecule has 1 aromatic carbocycles. The molecular weight excluding hydrogens is 290 g/mol. The maximum Gasteiger partial charge on any atom is 0.226 e. The Morgan fingerprint density at radius 3 is 2.48 bits per heavy atom. The van der Waals surface area contributed by atoms with Gasteiger partial charge in [0.15, 0.2) is 0 Å². The molecule has 0 aliphatic heterocycles. The molecule has 1 aliphatic rings. The summed E-state index contributed by atoms with van der Waals surface area (Å²) in [5.74, 6) is 0.230. The second-order valence-electron chi connectivity index (χ2n) is 7.02. The maximum absolute atomic E-state index is 12.7. The average Bonchev–Trinajstić information content (AvgIpc) is 2.52. The molecule has 0 fully saturated rings. The molecule has 126 valence electrons. The zero-order valence-electron chi connectivity index (χ0n) is 14.2. The normalized spacial score (nSPS) is 22.8. The van der Waals surface area contributed by atoms with Gasteiger partial charge in [0.2, 0.25) is 5.91 Å². The van der Waals surface area contributed by atoms with Crippen LogP contribution in [-0.4, -0.2) is 28.8 Å². The van der Waals surface area contributed by atoms with Gasteiger partial charge in [0.25, 0.3) is 0 Å². The quantitative estimate of drug-likeness (QED) is 0.731. The molecule has 23 heavy (non-hydrogen) atoms. The molecule has 2 rings (SSSR count). The van der Waals surface area contributed by atoms with Gasteiger partial charge in [0, 0.05) is 0 Å². The van der Waals surface area contributed by atoms with Crippen LogP contribution < -0.4 is 5.32 Å². The molecule has 1 aromatic rings. The van der Waals surface area contributed by atoms with Crippen LogP contribution >= 0.6 is 0 Å². The summed E-state index contributed by atoms with van der Waals surface area (Å²) in [4.78, 5) is 12.7. The van der Waals surface area contributed by atoms with Crippen molar-refractivity contribution >= 4 is 5.91 Å². The Bertz CT molecular complexity index is 591. The molecular formula is C19H27NO3. The average molecular weight is 317 g/mol. The second-order valence-corrected chi connectivity index (χ2v) is 7.02. The Labute approximate surface area is 138 Å². The highest BCUT2D eigenvalue weighted by molar-refractivity contribution is 5.83. The minimum atomic E-state index is -0.397. The van der Waals surface area contributed by atoms with Crippen molar-refractivity contribution in [1.82, 2.24) is 5.32 Å². The van der Waals surface area contributed by atoms with E-state index in [9.17, 15) is 15.0 Å². The van der Waals surface area contributed by atoms with Crippen LogP contribution in [-0.2, 0) is 11.2 Å². The van der Waals surface area contributed by atoms with Crippen LogP contribution in [0.1, 0.15) is 45.6 Å². The van der Waals surface area contributed by atoms with Crippen molar-refractivity contribution in [2.24, 2.45) is 5.41 Å². The number of nitrogens with one attached hydrogen (secondary N) is 1. The van der Waals surface area contributed by atoms with Gasteiger partial charge >= 0.3 is 0 Å². The number of carbonyl (C=O) groups is 1. The van der Waals surface area contributed by atoms with Crippen molar-refractivity contribution in [1.29, 1.82) is 0 Å². The van der Waals surface area contributed by atoms with Crippen molar-refractivity contribution in [2.75, 3.05) is 6.61 Å². The first-order chi connectivity index (χ1) is 10.8. The van der Waals surface area contributed by atoms with E-state index >= 15 is 0 Å². The van der Waals surface area contributed by atoms with Gasteiger partial charge in [-0.3, -0.25) is 4.79 Å². The molecule has 2 atom stereocenters. The number of carbonyl (C=O) groups excluding carboxylic acids is 1. The number of amides is 1. The molecule has 1 unspecified atom stereocenters. The number of aliphatic hydroxyl groups is 1. The predicted octanol–water partition coefficient (Wildman–Crippen LogP) is 2.94. The summed E-state index contributed by atoms with van der Waals surface area (Å²) in [5, 5.41) is 21.9. The van der Waals surface area contributed by atoms with Gasteiger partial charge in [-0.05, 0) is 57.2 Å². The van der Waals surface area contributed by atoms with Crippen LogP contribution in [0, 0.1) is 5.41 Å². The van der Waals surface area contributed by atoms with Crippen LogP contribution in [0.15, 0.2) is 35.4 Å². The molecule has 0 radical (unpaired) electrons. The number of phenols is 1. The minimum absolute atomic E-state index is 0.0159. The first kappa shape index (κ1) is 17.5. The third kappa shape index (κ3) is 4.35. The van der Waals surface area contributed by atoms with Gasteiger partial charge in [-0.25, -0.2) is 0 Å². The molecule has 0 heterocycles. The Morgan fingerprint density at radius 1 is 1.26 bits per heavy atom. The topological polar surface area (TPSA) is 69.6 Å². The number of aromatic hydroxyl groups is 1. The van der Waals surface area contributed by atoms with Crippen LogP contribution in [0.2, 0.25) is 0 Å². The largest absolute Gasteiger partial charge is 0.508 e. The SMILES string of the molecule is CC1=C(C)CC(C)(C(=O)N[C@H](CO)Cc2ccc(O)cc2)CC1. The molecule has 0 saturated carbocycles. The molecule has 4 nitrogen and oxygen atoms in total.